The highest BCUT2D eigenvalue weighted by Gasteiger charge is 2.48. The minimum absolute atomic E-state index is 0.267. The maximum atomic E-state index is 12.6. The lowest BCUT2D eigenvalue weighted by molar-refractivity contribution is 0.143. The van der Waals surface area contributed by atoms with Crippen molar-refractivity contribution in [3.05, 3.63) is 245 Å². The quantitative estimate of drug-likeness (QED) is 0.0990. The van der Waals surface area contributed by atoms with Gasteiger partial charge in [0.15, 0.2) is 0 Å². The Hall–Kier alpha value is -6.19. The monoisotopic (exact) mass is 622 g/mol. The first kappa shape index (κ1) is 30.5. The highest BCUT2D eigenvalue weighted by atomic mass is 16.7. The van der Waals surface area contributed by atoms with Gasteiger partial charge in [-0.3, -0.25) is 0 Å². The van der Waals surface area contributed by atoms with Crippen LogP contribution < -0.4 is 4.74 Å². The number of ether oxygens (including phenoxy) is 1. The molecule has 0 saturated carbocycles. The highest BCUT2D eigenvalue weighted by Crippen LogP contribution is 2.55. The molecule has 0 radical (unpaired) electrons. The molecular weight excluding hydrogens is 588 g/mol. The molecule has 0 amide bonds. The fourth-order valence-corrected chi connectivity index (χ4v) is 7.44. The summed E-state index contributed by atoms with van der Waals surface area (Å²) in [6.45, 7) is 0. The number of hydrogen-bond acceptors (Lipinski definition) is 2. The van der Waals surface area contributed by atoms with Crippen LogP contribution in [0.4, 0.5) is 4.79 Å². The smallest absolute Gasteiger partial charge is 0.449 e. The van der Waals surface area contributed by atoms with Gasteiger partial charge in [-0.05, 0) is 45.0 Å². The number of rotatable bonds is 9. The van der Waals surface area contributed by atoms with Crippen molar-refractivity contribution in [3.63, 3.8) is 0 Å². The molecule has 0 aromatic heterocycles. The van der Waals surface area contributed by atoms with E-state index in [1.807, 2.05) is 78.9 Å². The van der Waals surface area contributed by atoms with Crippen LogP contribution in [0, 0.1) is 0 Å². The molecule has 7 aromatic rings. The molecule has 0 aliphatic heterocycles. The minimum atomic E-state index is -1.37. The van der Waals surface area contributed by atoms with Crippen LogP contribution in [0.2, 0.25) is 0 Å². The summed E-state index contributed by atoms with van der Waals surface area (Å²) in [4.78, 5) is 12.6. The normalized spacial score (nSPS) is 11.5. The third kappa shape index (κ3) is 5.16. The molecule has 0 unspecified atom stereocenters. The van der Waals surface area contributed by atoms with E-state index in [4.69, 9.17) is 4.74 Å². The van der Waals surface area contributed by atoms with Crippen LogP contribution in [0.5, 0.6) is 5.75 Å². The van der Waals surface area contributed by atoms with Crippen LogP contribution in [0.25, 0.3) is 0 Å². The van der Waals surface area contributed by atoms with Gasteiger partial charge in [0.05, 0.1) is 10.8 Å². The van der Waals surface area contributed by atoms with Crippen molar-refractivity contribution in [2.75, 3.05) is 0 Å². The molecule has 7 aromatic carbocycles. The SMILES string of the molecule is O=C(O)Oc1cccc(C(c2ccccc2)(c2ccccc2)c2ccccc2)c1C(c1ccccc1)(c1ccccc1)c1ccccc1. The number of carboxylic acid groups (broad SMARTS) is 1. The van der Waals surface area contributed by atoms with Crippen molar-refractivity contribution >= 4 is 6.16 Å². The Morgan fingerprint density at radius 3 is 0.958 bits per heavy atom. The second-order valence-electron chi connectivity index (χ2n) is 11.7. The van der Waals surface area contributed by atoms with Crippen LogP contribution in [0.1, 0.15) is 44.5 Å². The van der Waals surface area contributed by atoms with Gasteiger partial charge < -0.3 is 9.84 Å². The summed E-state index contributed by atoms with van der Waals surface area (Å²) in [6.07, 6.45) is -1.37. The topological polar surface area (TPSA) is 46.5 Å². The van der Waals surface area contributed by atoms with Gasteiger partial charge in [-0.15, -0.1) is 0 Å². The van der Waals surface area contributed by atoms with Crippen LogP contribution in [0.3, 0.4) is 0 Å². The number of carbonyl (C=O) groups is 1. The van der Waals surface area contributed by atoms with Crippen molar-refractivity contribution in [3.8, 4) is 5.75 Å². The summed E-state index contributed by atoms with van der Waals surface area (Å²) in [6, 6.07) is 68.2. The lowest BCUT2D eigenvalue weighted by Crippen LogP contribution is -2.39. The molecule has 3 heteroatoms. The predicted octanol–water partition coefficient (Wildman–Crippen LogP) is 10.5. The van der Waals surface area contributed by atoms with Gasteiger partial charge in [0.1, 0.15) is 5.75 Å². The molecule has 0 spiro atoms. The average molecular weight is 623 g/mol. The minimum Gasteiger partial charge on any atom is -0.449 e. The third-order valence-corrected chi connectivity index (χ3v) is 9.24. The first-order valence-electron chi connectivity index (χ1n) is 16.0. The Morgan fingerprint density at radius 2 is 0.667 bits per heavy atom. The van der Waals surface area contributed by atoms with Crippen molar-refractivity contribution in [2.24, 2.45) is 0 Å². The zero-order valence-electron chi connectivity index (χ0n) is 26.3. The maximum Gasteiger partial charge on any atom is 0.511 e. The molecule has 1 N–H and O–H groups in total. The second-order valence-corrected chi connectivity index (χ2v) is 11.7. The van der Waals surface area contributed by atoms with Crippen LogP contribution >= 0.6 is 0 Å². The molecular formula is C45H34O3. The van der Waals surface area contributed by atoms with E-state index >= 15 is 0 Å². The summed E-state index contributed by atoms with van der Waals surface area (Å²) in [5.41, 5.74) is 5.82. The second kappa shape index (κ2) is 13.3. The van der Waals surface area contributed by atoms with E-state index in [9.17, 15) is 9.90 Å². The van der Waals surface area contributed by atoms with Crippen molar-refractivity contribution in [1.82, 2.24) is 0 Å². The zero-order valence-corrected chi connectivity index (χ0v) is 26.3. The van der Waals surface area contributed by atoms with Crippen molar-refractivity contribution < 1.29 is 14.6 Å². The average Bonchev–Trinajstić information content (AvgIpc) is 3.16. The summed E-state index contributed by atoms with van der Waals surface area (Å²) in [7, 11) is 0. The Labute approximate surface area is 281 Å². The molecule has 48 heavy (non-hydrogen) atoms. The predicted molar refractivity (Wildman–Crippen MR) is 192 cm³/mol. The highest BCUT2D eigenvalue weighted by molar-refractivity contribution is 5.73. The first-order valence-corrected chi connectivity index (χ1v) is 16.0. The fourth-order valence-electron chi connectivity index (χ4n) is 7.44. The van der Waals surface area contributed by atoms with E-state index in [0.717, 1.165) is 44.5 Å². The van der Waals surface area contributed by atoms with Gasteiger partial charge in [-0.2, -0.15) is 0 Å². The van der Waals surface area contributed by atoms with Gasteiger partial charge in [0.2, 0.25) is 0 Å². The Morgan fingerprint density at radius 1 is 0.375 bits per heavy atom. The molecule has 3 nitrogen and oxygen atoms in total. The van der Waals surface area contributed by atoms with Gasteiger partial charge in [-0.25, -0.2) is 4.79 Å². The fraction of sp³-hybridized carbons (Fsp3) is 0.0444. The number of benzene rings is 7. The van der Waals surface area contributed by atoms with E-state index in [1.54, 1.807) is 6.07 Å². The van der Waals surface area contributed by atoms with Gasteiger partial charge in [-0.1, -0.05) is 194 Å². The number of hydrogen-bond donors (Lipinski definition) is 1. The first-order chi connectivity index (χ1) is 23.7. The summed E-state index contributed by atoms with van der Waals surface area (Å²) >= 11 is 0. The van der Waals surface area contributed by atoms with E-state index in [1.165, 1.54) is 0 Å². The van der Waals surface area contributed by atoms with Crippen molar-refractivity contribution in [2.45, 2.75) is 10.8 Å². The van der Waals surface area contributed by atoms with E-state index in [0.29, 0.717) is 0 Å². The molecule has 0 bridgehead atoms. The van der Waals surface area contributed by atoms with Crippen LogP contribution in [-0.4, -0.2) is 11.3 Å². The summed E-state index contributed by atoms with van der Waals surface area (Å²) in [5, 5.41) is 10.3. The Kier molecular flexibility index (Phi) is 8.42. The molecule has 0 fully saturated rings. The summed E-state index contributed by atoms with van der Waals surface area (Å²) in [5.74, 6) is 0.267. The van der Waals surface area contributed by atoms with Crippen LogP contribution in [0.15, 0.2) is 200 Å². The third-order valence-electron chi connectivity index (χ3n) is 9.24. The molecule has 0 atom stereocenters. The van der Waals surface area contributed by atoms with E-state index in [2.05, 4.69) is 115 Å². The van der Waals surface area contributed by atoms with E-state index in [-0.39, 0.29) is 5.75 Å². The molecule has 0 aliphatic rings. The molecule has 232 valence electrons. The van der Waals surface area contributed by atoms with Crippen molar-refractivity contribution in [1.29, 1.82) is 0 Å². The van der Waals surface area contributed by atoms with Gasteiger partial charge in [0, 0.05) is 5.56 Å². The van der Waals surface area contributed by atoms with Crippen LogP contribution in [-0.2, 0) is 10.8 Å². The zero-order chi connectivity index (χ0) is 32.8. The molecule has 0 aliphatic carbocycles. The Balaban J connectivity index is 1.77. The lowest BCUT2D eigenvalue weighted by atomic mass is 9.57. The Bertz CT molecular complexity index is 1900. The molecule has 0 saturated heterocycles. The standard InChI is InChI=1S/C45H34O3/c46-43(47)48-41-33-19-32-40(44(34-20-7-1-8-21-34,35-22-9-2-10-23-35)36-24-11-3-12-25-36)42(41)45(37-26-13-4-14-27-37,38-28-15-5-16-29-38)39-30-17-6-18-31-39/h1-33H,(H,46,47). The maximum absolute atomic E-state index is 12.6. The largest absolute Gasteiger partial charge is 0.511 e. The molecule has 7 rings (SSSR count). The molecule has 0 heterocycles. The lowest BCUT2D eigenvalue weighted by Gasteiger charge is -2.44. The summed E-state index contributed by atoms with van der Waals surface area (Å²) < 4.78 is 5.88. The van der Waals surface area contributed by atoms with E-state index < -0.39 is 17.0 Å². The van der Waals surface area contributed by atoms with Gasteiger partial charge in [0.25, 0.3) is 0 Å². The van der Waals surface area contributed by atoms with Gasteiger partial charge >= 0.3 is 6.16 Å².